The van der Waals surface area contributed by atoms with Crippen molar-refractivity contribution in [1.82, 2.24) is 35.5 Å². The molecular weight excluding hydrogens is 490 g/mol. The quantitative estimate of drug-likeness (QED) is 0.386. The highest BCUT2D eigenvalue weighted by molar-refractivity contribution is 5.90. The van der Waals surface area contributed by atoms with Crippen molar-refractivity contribution < 1.29 is 9.59 Å². The first-order valence-electron chi connectivity index (χ1n) is 13.6. The molecule has 4 heterocycles. The fourth-order valence-electron chi connectivity index (χ4n) is 6.02. The topological polar surface area (TPSA) is 105 Å². The molecule has 2 fully saturated rings. The minimum atomic E-state index is -0.503. The third kappa shape index (κ3) is 5.40. The number of likely N-dealkylation sites (tertiary alicyclic amines) is 1. The number of fused-ring (bicyclic) bond motifs is 1. The van der Waals surface area contributed by atoms with E-state index in [2.05, 4.69) is 44.1 Å². The fraction of sp³-hybridized carbons (Fsp3) is 0.367. The van der Waals surface area contributed by atoms with Crippen LogP contribution in [-0.2, 0) is 29.6 Å². The molecule has 200 valence electrons. The second-order valence-electron chi connectivity index (χ2n) is 10.7. The van der Waals surface area contributed by atoms with Gasteiger partial charge in [0.1, 0.15) is 11.6 Å². The van der Waals surface area contributed by atoms with Crippen LogP contribution in [-0.4, -0.2) is 61.9 Å². The summed E-state index contributed by atoms with van der Waals surface area (Å²) in [6.07, 6.45) is 5.78. The average Bonchev–Trinajstić information content (AvgIpc) is 3.72. The summed E-state index contributed by atoms with van der Waals surface area (Å²) in [5, 5.41) is 14.8. The predicted molar refractivity (Wildman–Crippen MR) is 147 cm³/mol. The number of nitrogens with zero attached hydrogens (tertiary/aromatic N) is 5. The molecule has 2 aliphatic heterocycles. The Balaban J connectivity index is 1.16. The van der Waals surface area contributed by atoms with Gasteiger partial charge in [-0.05, 0) is 66.0 Å². The van der Waals surface area contributed by atoms with E-state index in [0.29, 0.717) is 19.5 Å². The smallest absolute Gasteiger partial charge is 0.243 e. The van der Waals surface area contributed by atoms with Crippen LogP contribution in [0.5, 0.6) is 0 Å². The van der Waals surface area contributed by atoms with Crippen molar-refractivity contribution in [1.29, 1.82) is 0 Å². The van der Waals surface area contributed by atoms with E-state index in [1.807, 2.05) is 60.6 Å². The largest absolute Gasteiger partial charge is 0.350 e. The summed E-state index contributed by atoms with van der Waals surface area (Å²) in [5.41, 5.74) is 5.04. The summed E-state index contributed by atoms with van der Waals surface area (Å²) in [5.74, 6) is 0.380. The van der Waals surface area contributed by atoms with Gasteiger partial charge in [-0.15, -0.1) is 5.10 Å². The molecule has 4 atom stereocenters. The first kappa shape index (κ1) is 25.2. The first-order valence-corrected chi connectivity index (χ1v) is 13.6. The van der Waals surface area contributed by atoms with Crippen LogP contribution < -0.4 is 10.6 Å². The molecule has 2 aliphatic rings. The molecule has 0 saturated carbocycles. The van der Waals surface area contributed by atoms with E-state index in [1.54, 1.807) is 10.9 Å². The van der Waals surface area contributed by atoms with E-state index in [4.69, 9.17) is 0 Å². The van der Waals surface area contributed by atoms with Gasteiger partial charge in [0, 0.05) is 39.1 Å². The van der Waals surface area contributed by atoms with Crippen molar-refractivity contribution in [3.63, 3.8) is 0 Å². The van der Waals surface area contributed by atoms with Crippen LogP contribution >= 0.6 is 0 Å². The average molecular weight is 524 g/mol. The van der Waals surface area contributed by atoms with Gasteiger partial charge in [-0.3, -0.25) is 14.6 Å². The van der Waals surface area contributed by atoms with E-state index in [1.165, 1.54) is 5.56 Å². The standard InChI is InChI=1S/C30H33N7O2/c1-36-27-10-9-21(13-25(27)34-35-36)17-33-29(38)28-14-22(12-20-6-5-11-31-16-20)19-37(28)30(39)26-15-24(18-32-26)23-7-3-2-4-8-23/h2-11,13,16,22,24,26,28,32H,12,14-15,17-19H2,1H3,(H,33,38)/t22-,24-,26-,28+/m1/s1. The summed E-state index contributed by atoms with van der Waals surface area (Å²) >= 11 is 0. The lowest BCUT2D eigenvalue weighted by molar-refractivity contribution is -0.139. The molecule has 4 aromatic rings. The van der Waals surface area contributed by atoms with Crippen molar-refractivity contribution in [3.8, 4) is 0 Å². The number of hydrogen-bond donors (Lipinski definition) is 2. The zero-order valence-corrected chi connectivity index (χ0v) is 22.0. The molecule has 9 heteroatoms. The maximum absolute atomic E-state index is 13.8. The molecule has 2 N–H and O–H groups in total. The van der Waals surface area contributed by atoms with Crippen molar-refractivity contribution in [2.24, 2.45) is 13.0 Å². The van der Waals surface area contributed by atoms with Gasteiger partial charge in [0.05, 0.1) is 11.6 Å². The Morgan fingerprint density at radius 3 is 2.74 bits per heavy atom. The van der Waals surface area contributed by atoms with Crippen molar-refractivity contribution >= 4 is 22.8 Å². The third-order valence-electron chi connectivity index (χ3n) is 8.06. The van der Waals surface area contributed by atoms with Crippen LogP contribution in [0.1, 0.15) is 35.4 Å². The Kier molecular flexibility index (Phi) is 7.06. The molecule has 0 unspecified atom stereocenters. The lowest BCUT2D eigenvalue weighted by Crippen LogP contribution is -2.51. The fourth-order valence-corrected chi connectivity index (χ4v) is 6.02. The Bertz CT molecular complexity index is 1460. The van der Waals surface area contributed by atoms with E-state index in [0.717, 1.165) is 41.5 Å². The second-order valence-corrected chi connectivity index (χ2v) is 10.7. The number of nitrogens with one attached hydrogen (secondary N) is 2. The number of hydrogen-bond acceptors (Lipinski definition) is 6. The molecule has 0 radical (unpaired) electrons. The van der Waals surface area contributed by atoms with Crippen molar-refractivity contribution in [2.75, 3.05) is 13.1 Å². The number of carbonyl (C=O) groups excluding carboxylic acids is 2. The minimum absolute atomic E-state index is 0.0169. The summed E-state index contributed by atoms with van der Waals surface area (Å²) < 4.78 is 1.72. The predicted octanol–water partition coefficient (Wildman–Crippen LogP) is 2.58. The van der Waals surface area contributed by atoms with E-state index in [9.17, 15) is 9.59 Å². The molecule has 2 aromatic heterocycles. The Labute approximate surface area is 227 Å². The molecule has 0 bridgehead atoms. The normalized spacial score (nSPS) is 22.8. The summed E-state index contributed by atoms with van der Waals surface area (Å²) in [6, 6.07) is 19.4. The number of rotatable bonds is 7. The van der Waals surface area contributed by atoms with Gasteiger partial charge in [-0.2, -0.15) is 0 Å². The van der Waals surface area contributed by atoms with Gasteiger partial charge < -0.3 is 15.5 Å². The summed E-state index contributed by atoms with van der Waals surface area (Å²) in [4.78, 5) is 33.4. The van der Waals surface area contributed by atoms with Gasteiger partial charge in [-0.25, -0.2) is 4.68 Å². The molecule has 9 nitrogen and oxygen atoms in total. The molecule has 2 amide bonds. The maximum Gasteiger partial charge on any atom is 0.243 e. The van der Waals surface area contributed by atoms with Crippen LogP contribution in [0.15, 0.2) is 73.1 Å². The Morgan fingerprint density at radius 2 is 1.92 bits per heavy atom. The van der Waals surface area contributed by atoms with Crippen LogP contribution in [0.4, 0.5) is 0 Å². The number of pyridine rings is 1. The lowest BCUT2D eigenvalue weighted by Gasteiger charge is -2.27. The Morgan fingerprint density at radius 1 is 1.05 bits per heavy atom. The number of aromatic nitrogens is 4. The lowest BCUT2D eigenvalue weighted by atomic mass is 9.96. The van der Waals surface area contributed by atoms with E-state index < -0.39 is 6.04 Å². The highest BCUT2D eigenvalue weighted by atomic mass is 16.2. The second kappa shape index (κ2) is 10.9. The van der Waals surface area contributed by atoms with E-state index in [-0.39, 0.29) is 29.7 Å². The van der Waals surface area contributed by atoms with Crippen LogP contribution in [0.2, 0.25) is 0 Å². The molecule has 2 aromatic carbocycles. The molecule has 39 heavy (non-hydrogen) atoms. The van der Waals surface area contributed by atoms with Crippen LogP contribution in [0, 0.1) is 5.92 Å². The summed E-state index contributed by atoms with van der Waals surface area (Å²) in [6.45, 7) is 1.69. The Hall–Kier alpha value is -4.11. The zero-order chi connectivity index (χ0) is 26.8. The monoisotopic (exact) mass is 523 g/mol. The minimum Gasteiger partial charge on any atom is -0.350 e. The zero-order valence-electron chi connectivity index (χ0n) is 22.0. The van der Waals surface area contributed by atoms with Crippen molar-refractivity contribution in [3.05, 3.63) is 89.7 Å². The highest BCUT2D eigenvalue weighted by Crippen LogP contribution is 2.31. The first-order chi connectivity index (χ1) is 19.0. The SMILES string of the molecule is Cn1nnc2cc(CNC(=O)[C@@H]3C[C@@H](Cc4cccnc4)CN3C(=O)[C@H]3C[C@@H](c4ccccc4)CN3)ccc21. The van der Waals surface area contributed by atoms with Crippen molar-refractivity contribution in [2.45, 2.75) is 43.8 Å². The van der Waals surface area contributed by atoms with Gasteiger partial charge in [0.25, 0.3) is 0 Å². The molecular formula is C30H33N7O2. The molecule has 0 spiro atoms. The van der Waals surface area contributed by atoms with Gasteiger partial charge in [-0.1, -0.05) is 47.7 Å². The summed E-state index contributed by atoms with van der Waals surface area (Å²) in [7, 11) is 1.85. The number of amides is 2. The number of aryl methyl sites for hydroxylation is 1. The molecule has 6 rings (SSSR count). The van der Waals surface area contributed by atoms with Crippen LogP contribution in [0.25, 0.3) is 11.0 Å². The van der Waals surface area contributed by atoms with Gasteiger partial charge >= 0.3 is 0 Å². The van der Waals surface area contributed by atoms with Crippen LogP contribution in [0.3, 0.4) is 0 Å². The molecule has 0 aliphatic carbocycles. The molecule has 2 saturated heterocycles. The number of benzene rings is 2. The number of carbonyl (C=O) groups is 2. The highest BCUT2D eigenvalue weighted by Gasteiger charge is 2.43. The van der Waals surface area contributed by atoms with E-state index >= 15 is 0 Å². The van der Waals surface area contributed by atoms with Gasteiger partial charge in [0.2, 0.25) is 11.8 Å². The maximum atomic E-state index is 13.8. The van der Waals surface area contributed by atoms with Gasteiger partial charge in [0.15, 0.2) is 0 Å². The third-order valence-corrected chi connectivity index (χ3v) is 8.06.